The first-order chi connectivity index (χ1) is 20.4. The normalized spacial score (nSPS) is 20.3. The average molecular weight is 617 g/mol. The highest BCUT2D eigenvalue weighted by molar-refractivity contribution is 7.93. The number of hydrogen-bond acceptors (Lipinski definition) is 7. The Morgan fingerprint density at radius 1 is 1.02 bits per heavy atom. The molecule has 1 amide bonds. The molecule has 3 fully saturated rings. The Kier molecular flexibility index (Phi) is 7.52. The maximum Gasteiger partial charge on any atom is 0.258 e. The van der Waals surface area contributed by atoms with Gasteiger partial charge in [0.15, 0.2) is 5.82 Å². The van der Waals surface area contributed by atoms with Gasteiger partial charge in [0.25, 0.3) is 11.8 Å². The number of rotatable bonds is 8. The van der Waals surface area contributed by atoms with Crippen molar-refractivity contribution in [3.8, 4) is 0 Å². The number of hydrogen-bond donors (Lipinski definition) is 3. The lowest BCUT2D eigenvalue weighted by molar-refractivity contribution is -0.0221. The molecule has 43 heavy (non-hydrogen) atoms. The number of nitrogens with one attached hydrogen (secondary N) is 2. The lowest BCUT2D eigenvalue weighted by atomic mass is 9.93. The third-order valence-electron chi connectivity index (χ3n) is 9.28. The Balaban J connectivity index is 1.31. The fourth-order valence-electron chi connectivity index (χ4n) is 6.12. The van der Waals surface area contributed by atoms with Crippen LogP contribution >= 0.6 is 0 Å². The summed E-state index contributed by atoms with van der Waals surface area (Å²) in [5.74, 6) is -2.25. The van der Waals surface area contributed by atoms with E-state index in [-0.39, 0.29) is 25.9 Å². The van der Waals surface area contributed by atoms with E-state index in [2.05, 4.69) is 14.9 Å². The predicted molar refractivity (Wildman–Crippen MR) is 164 cm³/mol. The van der Waals surface area contributed by atoms with Gasteiger partial charge in [0.1, 0.15) is 11.1 Å². The molecule has 2 saturated heterocycles. The SMILES string of the molecule is C[C@H](CO)S(=O)(=O)Nc1ccc(C(=O)Nc2cc3ccn(C)c3c(N3CCC(F)(F)CC3)n2)c(N2CCC3(CC2)CC3)c1. The number of anilines is 4. The number of benzene rings is 1. The van der Waals surface area contributed by atoms with E-state index in [1.54, 1.807) is 24.3 Å². The average Bonchev–Trinajstić information content (AvgIpc) is 3.62. The van der Waals surface area contributed by atoms with E-state index in [1.807, 2.05) is 28.8 Å². The maximum absolute atomic E-state index is 13.9. The number of alkyl halides is 2. The van der Waals surface area contributed by atoms with Crippen molar-refractivity contribution in [2.24, 2.45) is 12.5 Å². The van der Waals surface area contributed by atoms with Gasteiger partial charge in [-0.25, -0.2) is 22.2 Å². The number of aryl methyl sites for hydroxylation is 1. The molecule has 0 bridgehead atoms. The highest BCUT2D eigenvalue weighted by atomic mass is 32.2. The van der Waals surface area contributed by atoms with Crippen molar-refractivity contribution >= 4 is 49.8 Å². The Hall–Kier alpha value is -3.45. The topological polar surface area (TPSA) is 120 Å². The third-order valence-corrected chi connectivity index (χ3v) is 11.0. The zero-order valence-corrected chi connectivity index (χ0v) is 25.3. The van der Waals surface area contributed by atoms with Crippen LogP contribution in [0.4, 0.5) is 31.8 Å². The van der Waals surface area contributed by atoms with E-state index >= 15 is 0 Å². The van der Waals surface area contributed by atoms with Crippen molar-refractivity contribution in [2.45, 2.75) is 56.6 Å². The largest absolute Gasteiger partial charge is 0.395 e. The van der Waals surface area contributed by atoms with Crippen molar-refractivity contribution in [1.82, 2.24) is 9.55 Å². The molecule has 1 spiro atoms. The van der Waals surface area contributed by atoms with E-state index < -0.39 is 33.7 Å². The number of amides is 1. The van der Waals surface area contributed by atoms with Crippen LogP contribution in [-0.4, -0.2) is 72.9 Å². The van der Waals surface area contributed by atoms with Gasteiger partial charge in [0.2, 0.25) is 10.0 Å². The zero-order chi connectivity index (χ0) is 30.6. The Labute approximate surface area is 250 Å². The van der Waals surface area contributed by atoms with Crippen LogP contribution in [0.5, 0.6) is 0 Å². The highest BCUT2D eigenvalue weighted by Gasteiger charge is 2.44. The van der Waals surface area contributed by atoms with Gasteiger partial charge in [-0.2, -0.15) is 0 Å². The summed E-state index contributed by atoms with van der Waals surface area (Å²) in [7, 11) is -1.95. The number of carbonyl (C=O) groups excluding carboxylic acids is 1. The van der Waals surface area contributed by atoms with Crippen LogP contribution in [0.1, 0.15) is 55.8 Å². The molecule has 0 radical (unpaired) electrons. The van der Waals surface area contributed by atoms with E-state index in [4.69, 9.17) is 4.98 Å². The summed E-state index contributed by atoms with van der Waals surface area (Å²) in [4.78, 5) is 22.5. The molecule has 10 nitrogen and oxygen atoms in total. The molecule has 13 heteroatoms. The van der Waals surface area contributed by atoms with Crippen LogP contribution in [0.25, 0.3) is 10.9 Å². The fraction of sp³-hybridized carbons (Fsp3) is 0.533. The van der Waals surface area contributed by atoms with Crippen molar-refractivity contribution in [2.75, 3.05) is 52.6 Å². The number of sulfonamides is 1. The predicted octanol–water partition coefficient (Wildman–Crippen LogP) is 4.56. The molecule has 4 heterocycles. The number of fused-ring (bicyclic) bond motifs is 1. The molecule has 2 aliphatic heterocycles. The van der Waals surface area contributed by atoms with Crippen molar-refractivity contribution in [3.05, 3.63) is 42.1 Å². The molecule has 2 aromatic heterocycles. The van der Waals surface area contributed by atoms with E-state index in [0.717, 1.165) is 36.8 Å². The van der Waals surface area contributed by atoms with Gasteiger partial charge in [-0.05, 0) is 68.4 Å². The van der Waals surface area contributed by atoms with Gasteiger partial charge < -0.3 is 24.8 Å². The summed E-state index contributed by atoms with van der Waals surface area (Å²) in [6.45, 7) is 2.72. The number of aliphatic hydroxyl groups is 1. The van der Waals surface area contributed by atoms with Crippen LogP contribution in [0.15, 0.2) is 36.5 Å². The smallest absolute Gasteiger partial charge is 0.258 e. The molecule has 1 aromatic carbocycles. The number of piperidine rings is 2. The van der Waals surface area contributed by atoms with Crippen LogP contribution in [0.2, 0.25) is 0 Å². The molecule has 1 saturated carbocycles. The molecular formula is C30H38F2N6O4S. The number of nitrogens with zero attached hydrogens (tertiary/aromatic N) is 4. The van der Waals surface area contributed by atoms with Crippen molar-refractivity contribution < 1.29 is 27.1 Å². The fourth-order valence-corrected chi connectivity index (χ4v) is 6.98. The first-order valence-corrected chi connectivity index (χ1v) is 16.4. The second-order valence-corrected chi connectivity index (χ2v) is 14.5. The lowest BCUT2D eigenvalue weighted by Crippen LogP contribution is -2.40. The molecule has 3 aromatic rings. The maximum atomic E-state index is 13.9. The summed E-state index contributed by atoms with van der Waals surface area (Å²) < 4.78 is 57.6. The van der Waals surface area contributed by atoms with Gasteiger partial charge in [-0.3, -0.25) is 9.52 Å². The summed E-state index contributed by atoms with van der Waals surface area (Å²) >= 11 is 0. The van der Waals surface area contributed by atoms with Crippen molar-refractivity contribution in [1.29, 1.82) is 0 Å². The summed E-state index contributed by atoms with van der Waals surface area (Å²) in [6, 6.07) is 8.48. The summed E-state index contributed by atoms with van der Waals surface area (Å²) in [5, 5.41) is 12.1. The quantitative estimate of drug-likeness (QED) is 0.339. The Morgan fingerprint density at radius 2 is 1.70 bits per heavy atom. The monoisotopic (exact) mass is 616 g/mol. The van der Waals surface area contributed by atoms with Gasteiger partial charge in [0, 0.05) is 57.7 Å². The molecular weight excluding hydrogens is 578 g/mol. The minimum absolute atomic E-state index is 0.157. The number of aromatic nitrogens is 2. The lowest BCUT2D eigenvalue weighted by Gasteiger charge is -2.35. The number of pyridine rings is 1. The number of aliphatic hydroxyl groups excluding tert-OH is 1. The molecule has 3 aliphatic rings. The molecule has 1 atom stereocenters. The standard InChI is InChI=1S/C30H38F2N6O4S/c1-20(19-39)43(41,42)35-22-3-4-23(24(18-22)37-13-8-29(6-7-29)9-14-37)28(40)34-25-17-21-5-12-36(2)26(21)27(33-25)38-15-10-30(31,32)11-16-38/h3-5,12,17-18,20,35,39H,6-11,13-16,19H2,1-2H3,(H,33,34,40)/t20-/m1/s1. The van der Waals surface area contributed by atoms with Gasteiger partial charge in [0.05, 0.1) is 29.1 Å². The van der Waals surface area contributed by atoms with Crippen LogP contribution < -0.4 is 19.8 Å². The first-order valence-electron chi connectivity index (χ1n) is 14.8. The zero-order valence-electron chi connectivity index (χ0n) is 24.4. The minimum atomic E-state index is -3.83. The summed E-state index contributed by atoms with van der Waals surface area (Å²) in [5.41, 5.74) is 2.51. The number of carbonyl (C=O) groups is 1. The second-order valence-electron chi connectivity index (χ2n) is 12.4. The van der Waals surface area contributed by atoms with Crippen molar-refractivity contribution in [3.63, 3.8) is 0 Å². The number of halogens is 2. The van der Waals surface area contributed by atoms with Crippen LogP contribution in [0.3, 0.4) is 0 Å². The van der Waals surface area contributed by atoms with E-state index in [9.17, 15) is 27.1 Å². The highest BCUT2D eigenvalue weighted by Crippen LogP contribution is 2.54. The minimum Gasteiger partial charge on any atom is -0.395 e. The van der Waals surface area contributed by atoms with E-state index in [0.29, 0.717) is 34.0 Å². The second kappa shape index (κ2) is 10.9. The Bertz CT molecular complexity index is 1640. The Morgan fingerprint density at radius 3 is 2.35 bits per heavy atom. The molecule has 6 rings (SSSR count). The molecule has 3 N–H and O–H groups in total. The molecule has 1 aliphatic carbocycles. The van der Waals surface area contributed by atoms with Crippen LogP contribution in [-0.2, 0) is 17.1 Å². The van der Waals surface area contributed by atoms with Crippen LogP contribution in [0, 0.1) is 5.41 Å². The van der Waals surface area contributed by atoms with Gasteiger partial charge in [-0.1, -0.05) is 0 Å². The first kappa shape index (κ1) is 29.6. The molecule has 0 unspecified atom stereocenters. The molecule has 232 valence electrons. The van der Waals surface area contributed by atoms with E-state index in [1.165, 1.54) is 19.8 Å². The summed E-state index contributed by atoms with van der Waals surface area (Å²) in [6.07, 6.45) is 5.82. The van der Waals surface area contributed by atoms with Gasteiger partial charge in [-0.15, -0.1) is 0 Å². The third kappa shape index (κ3) is 6.01. The van der Waals surface area contributed by atoms with Gasteiger partial charge >= 0.3 is 0 Å².